The second kappa shape index (κ2) is 8.76. The van der Waals surface area contributed by atoms with Gasteiger partial charge in [-0.1, -0.05) is 29.8 Å². The molecule has 0 saturated heterocycles. The summed E-state index contributed by atoms with van der Waals surface area (Å²) in [6.07, 6.45) is -0.818. The second-order valence-electron chi connectivity index (χ2n) is 7.80. The lowest BCUT2D eigenvalue weighted by Crippen LogP contribution is -2.28. The zero-order valence-electron chi connectivity index (χ0n) is 17.4. The van der Waals surface area contributed by atoms with Crippen LogP contribution in [-0.4, -0.2) is 49.9 Å². The Kier molecular flexibility index (Phi) is 6.06. The van der Waals surface area contributed by atoms with Crippen LogP contribution in [0, 0.1) is 6.92 Å². The van der Waals surface area contributed by atoms with Gasteiger partial charge in [0.25, 0.3) is 0 Å². The highest BCUT2D eigenvalue weighted by atomic mass is 32.2. The first kappa shape index (κ1) is 21.5. The van der Waals surface area contributed by atoms with Crippen LogP contribution in [0.25, 0.3) is 10.9 Å². The molecule has 1 unspecified atom stereocenters. The van der Waals surface area contributed by atoms with Gasteiger partial charge in [0.05, 0.1) is 16.2 Å². The van der Waals surface area contributed by atoms with Gasteiger partial charge in [0.1, 0.15) is 12.0 Å². The average molecular weight is 444 g/mol. The monoisotopic (exact) mass is 443 g/mol. The molecule has 1 aliphatic heterocycles. The van der Waals surface area contributed by atoms with Crippen molar-refractivity contribution in [3.8, 4) is 0 Å². The lowest BCUT2D eigenvalue weighted by Gasteiger charge is -2.22. The molecule has 0 bridgehead atoms. The first-order chi connectivity index (χ1) is 14.9. The molecular formula is C22H26FN5O2S. The van der Waals surface area contributed by atoms with E-state index in [1.165, 1.54) is 0 Å². The molecule has 1 atom stereocenters. The predicted molar refractivity (Wildman–Crippen MR) is 121 cm³/mol. The molecule has 0 radical (unpaired) electrons. The number of nitrogens with two attached hydrogens (primary N) is 1. The number of benzene rings is 2. The van der Waals surface area contributed by atoms with Crippen LogP contribution in [0.4, 0.5) is 16.2 Å². The van der Waals surface area contributed by atoms with E-state index < -0.39 is 16.0 Å². The summed E-state index contributed by atoms with van der Waals surface area (Å²) >= 11 is 0. The van der Waals surface area contributed by atoms with Gasteiger partial charge in [-0.3, -0.25) is 0 Å². The number of fused-ring (bicyclic) bond motifs is 2. The summed E-state index contributed by atoms with van der Waals surface area (Å²) in [5.41, 5.74) is 7.93. The normalized spacial score (nSPS) is 16.5. The van der Waals surface area contributed by atoms with Gasteiger partial charge in [-0.25, -0.2) is 17.8 Å². The smallest absolute Gasteiger partial charge is 0.228 e. The van der Waals surface area contributed by atoms with Crippen LogP contribution in [0.3, 0.4) is 0 Å². The van der Waals surface area contributed by atoms with E-state index in [1.807, 2.05) is 42.2 Å². The van der Waals surface area contributed by atoms with Crippen LogP contribution in [-0.2, 0) is 16.4 Å². The lowest BCUT2D eigenvalue weighted by molar-refractivity contribution is 0.333. The number of halogens is 1. The van der Waals surface area contributed by atoms with Crippen molar-refractivity contribution in [2.24, 2.45) is 5.73 Å². The Morgan fingerprint density at radius 2 is 2.03 bits per heavy atom. The molecule has 1 aromatic heterocycles. The quantitative estimate of drug-likeness (QED) is 0.604. The van der Waals surface area contributed by atoms with E-state index >= 15 is 0 Å². The Hall–Kier alpha value is -2.78. The molecule has 7 nitrogen and oxygen atoms in total. The molecule has 0 amide bonds. The molecule has 31 heavy (non-hydrogen) atoms. The third-order valence-corrected chi connectivity index (χ3v) is 7.18. The van der Waals surface area contributed by atoms with E-state index in [0.29, 0.717) is 34.3 Å². The van der Waals surface area contributed by atoms with E-state index in [1.54, 1.807) is 12.1 Å². The molecule has 3 aromatic rings. The maximum Gasteiger partial charge on any atom is 0.228 e. The van der Waals surface area contributed by atoms with Crippen molar-refractivity contribution in [3.63, 3.8) is 0 Å². The molecule has 9 heteroatoms. The Morgan fingerprint density at radius 1 is 1.23 bits per heavy atom. The van der Waals surface area contributed by atoms with Gasteiger partial charge in [-0.2, -0.15) is 4.98 Å². The van der Waals surface area contributed by atoms with Crippen molar-refractivity contribution in [3.05, 3.63) is 53.6 Å². The lowest BCUT2D eigenvalue weighted by atomic mass is 10.1. The Balaban J connectivity index is 1.73. The standard InChI is InChI=1S/C22H26FN5O2S/c1-15-6-7-19-18(12-15)21(25-13-17(23)8-9-24)27-22(26-19)28-10-11-31(29,30)20-5-3-2-4-16(20)14-28/h2-7,12,17H,8-11,13-14,24H2,1H3,(H,25,26,27). The maximum atomic E-state index is 14.1. The summed E-state index contributed by atoms with van der Waals surface area (Å²) in [4.78, 5) is 11.6. The van der Waals surface area contributed by atoms with Crippen LogP contribution in [0.2, 0.25) is 0 Å². The van der Waals surface area contributed by atoms with E-state index in [-0.39, 0.29) is 31.8 Å². The minimum atomic E-state index is -3.38. The van der Waals surface area contributed by atoms with E-state index in [0.717, 1.165) is 10.9 Å². The summed E-state index contributed by atoms with van der Waals surface area (Å²) in [6, 6.07) is 12.8. The fourth-order valence-electron chi connectivity index (χ4n) is 3.73. The summed E-state index contributed by atoms with van der Waals surface area (Å²) in [7, 11) is -3.38. The Morgan fingerprint density at radius 3 is 2.84 bits per heavy atom. The van der Waals surface area contributed by atoms with E-state index in [4.69, 9.17) is 10.7 Å². The molecular weight excluding hydrogens is 417 g/mol. The zero-order valence-corrected chi connectivity index (χ0v) is 18.2. The van der Waals surface area contributed by atoms with E-state index in [2.05, 4.69) is 10.3 Å². The number of anilines is 2. The van der Waals surface area contributed by atoms with Crippen LogP contribution < -0.4 is 16.0 Å². The molecule has 2 aromatic carbocycles. The third kappa shape index (κ3) is 4.62. The number of sulfone groups is 1. The van der Waals surface area contributed by atoms with Crippen molar-refractivity contribution in [1.29, 1.82) is 0 Å². The number of hydrogen-bond acceptors (Lipinski definition) is 7. The molecule has 0 saturated carbocycles. The van der Waals surface area contributed by atoms with Crippen molar-refractivity contribution in [2.75, 3.05) is 35.6 Å². The van der Waals surface area contributed by atoms with Crippen molar-refractivity contribution < 1.29 is 12.8 Å². The number of rotatable bonds is 6. The first-order valence-electron chi connectivity index (χ1n) is 10.3. The Labute approximate surface area is 181 Å². The van der Waals surface area contributed by atoms with Crippen molar-refractivity contribution in [2.45, 2.75) is 31.0 Å². The summed E-state index contributed by atoms with van der Waals surface area (Å²) in [6.45, 7) is 2.99. The molecule has 2 heterocycles. The zero-order chi connectivity index (χ0) is 22.0. The van der Waals surface area contributed by atoms with E-state index in [9.17, 15) is 12.8 Å². The molecule has 4 rings (SSSR count). The van der Waals surface area contributed by atoms with Gasteiger partial charge in [-0.05, 0) is 43.7 Å². The van der Waals surface area contributed by atoms with Gasteiger partial charge in [0.2, 0.25) is 5.95 Å². The largest absolute Gasteiger partial charge is 0.366 e. The number of aromatic nitrogens is 2. The van der Waals surface area contributed by atoms with Crippen LogP contribution in [0.5, 0.6) is 0 Å². The summed E-state index contributed by atoms with van der Waals surface area (Å²) < 4.78 is 39.5. The van der Waals surface area contributed by atoms with Crippen molar-refractivity contribution >= 4 is 32.5 Å². The van der Waals surface area contributed by atoms with Gasteiger partial charge < -0.3 is 16.0 Å². The van der Waals surface area contributed by atoms with Gasteiger partial charge >= 0.3 is 0 Å². The van der Waals surface area contributed by atoms with Gasteiger partial charge in [0.15, 0.2) is 9.84 Å². The van der Waals surface area contributed by atoms with Crippen LogP contribution >= 0.6 is 0 Å². The van der Waals surface area contributed by atoms with Crippen LogP contribution in [0.1, 0.15) is 17.5 Å². The molecule has 3 N–H and O–H groups in total. The minimum absolute atomic E-state index is 0.0227. The number of hydrogen-bond donors (Lipinski definition) is 2. The molecule has 0 spiro atoms. The van der Waals surface area contributed by atoms with Gasteiger partial charge in [0, 0.05) is 25.0 Å². The molecule has 164 valence electrons. The number of aryl methyl sites for hydroxylation is 1. The highest BCUT2D eigenvalue weighted by Gasteiger charge is 2.26. The SMILES string of the molecule is Cc1ccc2nc(N3CCS(=O)(=O)c4ccccc4C3)nc(NCC(F)CCN)c2c1. The molecule has 1 aliphatic rings. The minimum Gasteiger partial charge on any atom is -0.366 e. The summed E-state index contributed by atoms with van der Waals surface area (Å²) in [5, 5.41) is 3.90. The predicted octanol–water partition coefficient (Wildman–Crippen LogP) is 2.83. The topological polar surface area (TPSA) is 101 Å². The van der Waals surface area contributed by atoms with Gasteiger partial charge in [-0.15, -0.1) is 0 Å². The molecule has 0 fully saturated rings. The summed E-state index contributed by atoms with van der Waals surface area (Å²) in [5.74, 6) is 0.925. The highest BCUT2D eigenvalue weighted by Crippen LogP contribution is 2.28. The average Bonchev–Trinajstić information content (AvgIpc) is 2.88. The fourth-order valence-corrected chi connectivity index (χ4v) is 5.23. The Bertz CT molecular complexity index is 1200. The first-order valence-corrected chi connectivity index (χ1v) is 11.9. The highest BCUT2D eigenvalue weighted by molar-refractivity contribution is 7.91. The fraction of sp³-hybridized carbons (Fsp3) is 0.364. The van der Waals surface area contributed by atoms with Crippen molar-refractivity contribution in [1.82, 2.24) is 9.97 Å². The number of nitrogens with one attached hydrogen (secondary N) is 1. The number of nitrogens with zero attached hydrogens (tertiary/aromatic N) is 3. The second-order valence-corrected chi connectivity index (χ2v) is 9.87. The van der Waals surface area contributed by atoms with Crippen LogP contribution in [0.15, 0.2) is 47.4 Å². The molecule has 0 aliphatic carbocycles. The third-order valence-electron chi connectivity index (χ3n) is 5.39. The number of alkyl halides is 1. The maximum absolute atomic E-state index is 14.1.